The Hall–Kier alpha value is -0.900. The molecule has 0 aliphatic heterocycles. The molecule has 1 saturated carbocycles. The summed E-state index contributed by atoms with van der Waals surface area (Å²) in [5, 5.41) is 7.01. The van der Waals surface area contributed by atoms with Crippen LogP contribution in [0.1, 0.15) is 31.0 Å². The number of nitrogens with zero attached hydrogens (tertiary/aromatic N) is 2. The summed E-state index contributed by atoms with van der Waals surface area (Å²) in [6, 6.07) is 0. The zero-order valence-corrected chi connectivity index (χ0v) is 7.92. The lowest BCUT2D eigenvalue weighted by molar-refractivity contribution is 0.363. The third kappa shape index (κ3) is 2.81. The summed E-state index contributed by atoms with van der Waals surface area (Å²) in [5.41, 5.74) is 0. The van der Waals surface area contributed by atoms with E-state index in [4.69, 9.17) is 4.52 Å². The summed E-state index contributed by atoms with van der Waals surface area (Å²) < 4.78 is 4.96. The van der Waals surface area contributed by atoms with Crippen molar-refractivity contribution in [1.29, 1.82) is 0 Å². The molecule has 4 nitrogen and oxygen atoms in total. The Morgan fingerprint density at radius 2 is 2.38 bits per heavy atom. The van der Waals surface area contributed by atoms with Gasteiger partial charge in [0.05, 0.1) is 6.54 Å². The highest BCUT2D eigenvalue weighted by molar-refractivity contribution is 4.82. The summed E-state index contributed by atoms with van der Waals surface area (Å²) in [6.45, 7) is 3.59. The summed E-state index contributed by atoms with van der Waals surface area (Å²) >= 11 is 0. The number of rotatable bonds is 5. The Morgan fingerprint density at radius 1 is 1.54 bits per heavy atom. The maximum atomic E-state index is 4.96. The lowest BCUT2D eigenvalue weighted by Gasteiger charge is -1.98. The minimum absolute atomic E-state index is 0.688. The van der Waals surface area contributed by atoms with Crippen LogP contribution >= 0.6 is 0 Å². The molecular formula is C9H15N3O. The monoisotopic (exact) mass is 181 g/mol. The first-order valence-corrected chi connectivity index (χ1v) is 4.84. The van der Waals surface area contributed by atoms with Crippen LogP contribution in [-0.2, 0) is 6.54 Å². The van der Waals surface area contributed by atoms with Crippen LogP contribution in [0.2, 0.25) is 0 Å². The van der Waals surface area contributed by atoms with Crippen LogP contribution in [0, 0.1) is 12.8 Å². The first-order chi connectivity index (χ1) is 6.34. The van der Waals surface area contributed by atoms with Gasteiger partial charge in [-0.25, -0.2) is 0 Å². The molecule has 72 valence electrons. The second-order valence-corrected chi connectivity index (χ2v) is 3.64. The van der Waals surface area contributed by atoms with Crippen molar-refractivity contribution in [3.8, 4) is 0 Å². The maximum Gasteiger partial charge on any atom is 0.240 e. The van der Waals surface area contributed by atoms with Crippen LogP contribution in [0.5, 0.6) is 0 Å². The number of hydrogen-bond donors (Lipinski definition) is 1. The van der Waals surface area contributed by atoms with Crippen LogP contribution in [0.3, 0.4) is 0 Å². The molecule has 0 atom stereocenters. The van der Waals surface area contributed by atoms with Gasteiger partial charge in [0.15, 0.2) is 5.82 Å². The largest absolute Gasteiger partial charge is 0.338 e. The van der Waals surface area contributed by atoms with Crippen molar-refractivity contribution in [2.75, 3.05) is 6.54 Å². The third-order valence-corrected chi connectivity index (χ3v) is 2.27. The smallest absolute Gasteiger partial charge is 0.240 e. The molecule has 1 aromatic rings. The Labute approximate surface area is 77.7 Å². The molecule has 0 saturated heterocycles. The van der Waals surface area contributed by atoms with Crippen LogP contribution in [0.4, 0.5) is 0 Å². The molecule has 0 amide bonds. The van der Waals surface area contributed by atoms with Crippen LogP contribution < -0.4 is 5.32 Å². The molecule has 1 fully saturated rings. The SMILES string of the molecule is Cc1noc(CNCCC2CC2)n1. The van der Waals surface area contributed by atoms with Crippen molar-refractivity contribution >= 4 is 0 Å². The fourth-order valence-electron chi connectivity index (χ4n) is 1.32. The molecule has 0 radical (unpaired) electrons. The molecule has 1 aliphatic rings. The average molecular weight is 181 g/mol. The van der Waals surface area contributed by atoms with E-state index in [1.807, 2.05) is 6.92 Å². The van der Waals surface area contributed by atoms with Crippen molar-refractivity contribution in [3.63, 3.8) is 0 Å². The molecule has 1 N–H and O–H groups in total. The van der Waals surface area contributed by atoms with Gasteiger partial charge < -0.3 is 9.84 Å². The standard InChI is InChI=1S/C9H15N3O/c1-7-11-9(13-12-7)6-10-5-4-8-2-3-8/h8,10H,2-6H2,1H3. The molecule has 4 heteroatoms. The van der Waals surface area contributed by atoms with Gasteiger partial charge in [0.25, 0.3) is 0 Å². The Balaban J connectivity index is 1.61. The number of aryl methyl sites for hydroxylation is 1. The van der Waals surface area contributed by atoms with Crippen molar-refractivity contribution in [1.82, 2.24) is 15.5 Å². The van der Waals surface area contributed by atoms with Crippen molar-refractivity contribution in [3.05, 3.63) is 11.7 Å². The molecule has 1 aliphatic carbocycles. The maximum absolute atomic E-state index is 4.96. The van der Waals surface area contributed by atoms with E-state index in [2.05, 4.69) is 15.5 Å². The molecule has 1 heterocycles. The quantitative estimate of drug-likeness (QED) is 0.695. The second kappa shape index (κ2) is 3.87. The topological polar surface area (TPSA) is 51.0 Å². The minimum atomic E-state index is 0.688. The minimum Gasteiger partial charge on any atom is -0.338 e. The predicted molar refractivity (Wildman–Crippen MR) is 48.1 cm³/mol. The first-order valence-electron chi connectivity index (χ1n) is 4.84. The summed E-state index contributed by atoms with van der Waals surface area (Å²) in [7, 11) is 0. The van der Waals surface area contributed by atoms with Gasteiger partial charge in [-0.2, -0.15) is 4.98 Å². The van der Waals surface area contributed by atoms with E-state index < -0.39 is 0 Å². The molecule has 1 aromatic heterocycles. The molecule has 13 heavy (non-hydrogen) atoms. The fraction of sp³-hybridized carbons (Fsp3) is 0.778. The average Bonchev–Trinajstić information content (AvgIpc) is 2.84. The number of aromatic nitrogens is 2. The highest BCUT2D eigenvalue weighted by atomic mass is 16.5. The summed E-state index contributed by atoms with van der Waals surface area (Å²) in [6.07, 6.45) is 4.12. The first kappa shape index (κ1) is 8.69. The Morgan fingerprint density at radius 3 is 3.00 bits per heavy atom. The summed E-state index contributed by atoms with van der Waals surface area (Å²) in [4.78, 5) is 4.10. The molecule has 0 aromatic carbocycles. The molecule has 2 rings (SSSR count). The zero-order chi connectivity index (χ0) is 9.10. The third-order valence-electron chi connectivity index (χ3n) is 2.27. The highest BCUT2D eigenvalue weighted by Crippen LogP contribution is 2.31. The Kier molecular flexibility index (Phi) is 2.59. The van der Waals surface area contributed by atoms with E-state index in [0.29, 0.717) is 18.3 Å². The van der Waals surface area contributed by atoms with E-state index in [9.17, 15) is 0 Å². The van der Waals surface area contributed by atoms with Crippen molar-refractivity contribution in [2.45, 2.75) is 32.7 Å². The van der Waals surface area contributed by atoms with Crippen LogP contribution in [0.25, 0.3) is 0 Å². The highest BCUT2D eigenvalue weighted by Gasteiger charge is 2.19. The summed E-state index contributed by atoms with van der Waals surface area (Å²) in [5.74, 6) is 2.38. The fourth-order valence-corrected chi connectivity index (χ4v) is 1.32. The normalized spacial score (nSPS) is 16.4. The van der Waals surface area contributed by atoms with Gasteiger partial charge in [-0.3, -0.25) is 0 Å². The van der Waals surface area contributed by atoms with E-state index in [0.717, 1.165) is 12.5 Å². The van der Waals surface area contributed by atoms with Gasteiger partial charge >= 0.3 is 0 Å². The van der Waals surface area contributed by atoms with Crippen molar-refractivity contribution < 1.29 is 4.52 Å². The van der Waals surface area contributed by atoms with E-state index in [1.165, 1.54) is 19.3 Å². The van der Waals surface area contributed by atoms with Gasteiger partial charge in [0.2, 0.25) is 5.89 Å². The van der Waals surface area contributed by atoms with E-state index >= 15 is 0 Å². The molecule has 0 unspecified atom stereocenters. The van der Waals surface area contributed by atoms with E-state index in [-0.39, 0.29) is 0 Å². The zero-order valence-electron chi connectivity index (χ0n) is 7.92. The van der Waals surface area contributed by atoms with Gasteiger partial charge in [0.1, 0.15) is 0 Å². The number of nitrogens with one attached hydrogen (secondary N) is 1. The molecular weight excluding hydrogens is 166 g/mol. The Bertz CT molecular complexity index is 268. The number of hydrogen-bond acceptors (Lipinski definition) is 4. The second-order valence-electron chi connectivity index (χ2n) is 3.64. The van der Waals surface area contributed by atoms with Gasteiger partial charge in [-0.05, 0) is 25.8 Å². The van der Waals surface area contributed by atoms with Gasteiger partial charge in [0, 0.05) is 0 Å². The van der Waals surface area contributed by atoms with Crippen molar-refractivity contribution in [2.24, 2.45) is 5.92 Å². The van der Waals surface area contributed by atoms with E-state index in [1.54, 1.807) is 0 Å². The van der Waals surface area contributed by atoms with Crippen LogP contribution in [-0.4, -0.2) is 16.7 Å². The van der Waals surface area contributed by atoms with Crippen LogP contribution in [0.15, 0.2) is 4.52 Å². The predicted octanol–water partition coefficient (Wildman–Crippen LogP) is 1.27. The lowest BCUT2D eigenvalue weighted by Crippen LogP contribution is -2.15. The van der Waals surface area contributed by atoms with Gasteiger partial charge in [-0.15, -0.1) is 0 Å². The van der Waals surface area contributed by atoms with Gasteiger partial charge in [-0.1, -0.05) is 18.0 Å². The molecule has 0 bridgehead atoms. The molecule has 0 spiro atoms. The lowest BCUT2D eigenvalue weighted by atomic mass is 10.3.